The van der Waals surface area contributed by atoms with E-state index in [1.54, 1.807) is 12.1 Å². The van der Waals surface area contributed by atoms with Gasteiger partial charge in [-0.25, -0.2) is 0 Å². The number of carbonyl (C=O) groups excluding carboxylic acids is 3. The van der Waals surface area contributed by atoms with Crippen LogP contribution in [-0.2, 0) is 19.1 Å². The zero-order valence-electron chi connectivity index (χ0n) is 16.5. The topological polar surface area (TPSA) is 93.7 Å². The molecular weight excluding hydrogens is 360 g/mol. The first-order valence-corrected chi connectivity index (χ1v) is 9.93. The smallest absolute Gasteiger partial charge is 0.325 e. The molecule has 0 atom stereocenters. The molecule has 0 bridgehead atoms. The van der Waals surface area contributed by atoms with E-state index in [1.807, 2.05) is 12.1 Å². The normalized spacial score (nSPS) is 14.2. The summed E-state index contributed by atoms with van der Waals surface area (Å²) in [6.45, 7) is 0.524. The third kappa shape index (κ3) is 8.41. The van der Waals surface area contributed by atoms with Crippen molar-refractivity contribution in [3.63, 3.8) is 0 Å². The molecule has 28 heavy (non-hydrogen) atoms. The molecule has 1 aliphatic rings. The molecule has 1 fully saturated rings. The Labute approximate surface area is 166 Å². The maximum absolute atomic E-state index is 11.9. The number of nitrogens with one attached hydrogen (secondary N) is 2. The van der Waals surface area contributed by atoms with E-state index in [9.17, 15) is 14.4 Å². The molecule has 0 aliphatic heterocycles. The van der Waals surface area contributed by atoms with Crippen LogP contribution < -0.4 is 15.4 Å². The fraction of sp³-hybridized carbons (Fsp3) is 0.571. The molecule has 0 saturated heterocycles. The van der Waals surface area contributed by atoms with Crippen molar-refractivity contribution in [2.45, 2.75) is 51.4 Å². The zero-order valence-corrected chi connectivity index (χ0v) is 16.5. The van der Waals surface area contributed by atoms with Crippen molar-refractivity contribution in [1.82, 2.24) is 5.32 Å². The summed E-state index contributed by atoms with van der Waals surface area (Å²) in [5.41, 5.74) is 0.652. The number of esters is 1. The van der Waals surface area contributed by atoms with Gasteiger partial charge in [0.15, 0.2) is 0 Å². The molecule has 7 nitrogen and oxygen atoms in total. The Morgan fingerprint density at radius 3 is 2.36 bits per heavy atom. The predicted molar refractivity (Wildman–Crippen MR) is 106 cm³/mol. The van der Waals surface area contributed by atoms with E-state index in [0.29, 0.717) is 5.69 Å². The number of hydrogen-bond donors (Lipinski definition) is 2. The quantitative estimate of drug-likeness (QED) is 0.599. The number of ether oxygens (including phenoxy) is 2. The van der Waals surface area contributed by atoms with Crippen LogP contribution >= 0.6 is 0 Å². The lowest BCUT2D eigenvalue weighted by molar-refractivity contribution is -0.141. The van der Waals surface area contributed by atoms with Crippen LogP contribution in [0.4, 0.5) is 5.69 Å². The number of rotatable bonds is 10. The molecule has 1 aliphatic carbocycles. The summed E-state index contributed by atoms with van der Waals surface area (Å²) < 4.78 is 10.2. The molecule has 0 heterocycles. The largest absolute Gasteiger partial charge is 0.494 e. The summed E-state index contributed by atoms with van der Waals surface area (Å²) >= 11 is 0. The molecule has 1 aromatic carbocycles. The van der Waals surface area contributed by atoms with Crippen LogP contribution in [0.3, 0.4) is 0 Å². The minimum Gasteiger partial charge on any atom is -0.494 e. The third-order valence-electron chi connectivity index (χ3n) is 4.89. The molecule has 154 valence electrons. The number of hydrogen-bond acceptors (Lipinski definition) is 5. The summed E-state index contributed by atoms with van der Waals surface area (Å²) in [4.78, 5) is 34.4. The summed E-state index contributed by atoms with van der Waals surface area (Å²) in [7, 11) is 1.25. The fourth-order valence-electron chi connectivity index (χ4n) is 3.24. The molecule has 2 N–H and O–H groups in total. The van der Waals surface area contributed by atoms with Crippen LogP contribution in [-0.4, -0.2) is 38.0 Å². The Bertz CT molecular complexity index is 639. The van der Waals surface area contributed by atoms with Gasteiger partial charge < -0.3 is 20.1 Å². The standard InChI is InChI=1S/C21H30N2O5/c1-27-21(26)15-22-19(24)11-12-20(25)23-17-7-9-18(10-8-17)28-14-13-16-5-3-2-4-6-16/h7-10,16H,2-6,11-15H2,1H3,(H,22,24)(H,23,25). The van der Waals surface area contributed by atoms with Gasteiger partial charge in [-0.05, 0) is 36.6 Å². The zero-order chi connectivity index (χ0) is 20.2. The molecule has 2 rings (SSSR count). The minimum atomic E-state index is -0.529. The highest BCUT2D eigenvalue weighted by atomic mass is 16.5. The highest BCUT2D eigenvalue weighted by Gasteiger charge is 2.13. The number of methoxy groups -OCH3 is 1. The van der Waals surface area contributed by atoms with Crippen molar-refractivity contribution in [1.29, 1.82) is 0 Å². The molecule has 1 aromatic rings. The Hall–Kier alpha value is -2.57. The van der Waals surface area contributed by atoms with Gasteiger partial charge in [0.1, 0.15) is 12.3 Å². The van der Waals surface area contributed by atoms with Gasteiger partial charge in [0.2, 0.25) is 11.8 Å². The van der Waals surface area contributed by atoms with Gasteiger partial charge in [0.25, 0.3) is 0 Å². The van der Waals surface area contributed by atoms with Crippen molar-refractivity contribution in [2.75, 3.05) is 25.6 Å². The van der Waals surface area contributed by atoms with Crippen LogP contribution in [0, 0.1) is 5.92 Å². The molecule has 0 unspecified atom stereocenters. The van der Waals surface area contributed by atoms with Crippen molar-refractivity contribution in [3.05, 3.63) is 24.3 Å². The summed E-state index contributed by atoms with van der Waals surface area (Å²) in [5.74, 6) is 0.411. The summed E-state index contributed by atoms with van der Waals surface area (Å²) in [6.07, 6.45) is 7.80. The first-order chi connectivity index (χ1) is 13.6. The molecule has 1 saturated carbocycles. The minimum absolute atomic E-state index is 0.00515. The molecule has 0 aromatic heterocycles. The van der Waals surface area contributed by atoms with E-state index in [-0.39, 0.29) is 31.2 Å². The SMILES string of the molecule is COC(=O)CNC(=O)CCC(=O)Nc1ccc(OCCC2CCCCC2)cc1. The molecule has 0 radical (unpaired) electrons. The first kappa shape index (κ1) is 21.7. The van der Waals surface area contributed by atoms with E-state index < -0.39 is 5.97 Å². The predicted octanol–water partition coefficient (Wildman–Crippen LogP) is 3.04. The van der Waals surface area contributed by atoms with Crippen LogP contribution in [0.1, 0.15) is 51.4 Å². The summed E-state index contributed by atoms with van der Waals surface area (Å²) in [5, 5.41) is 5.14. The van der Waals surface area contributed by atoms with Crippen molar-refractivity contribution < 1.29 is 23.9 Å². The third-order valence-corrected chi connectivity index (χ3v) is 4.89. The van der Waals surface area contributed by atoms with Crippen molar-refractivity contribution >= 4 is 23.5 Å². The van der Waals surface area contributed by atoms with E-state index in [1.165, 1.54) is 39.2 Å². The van der Waals surface area contributed by atoms with Gasteiger partial charge >= 0.3 is 5.97 Å². The maximum atomic E-state index is 11.9. The van der Waals surface area contributed by atoms with Crippen molar-refractivity contribution in [3.8, 4) is 5.75 Å². The molecule has 7 heteroatoms. The number of amides is 2. The Kier molecular flexibility index (Phi) is 9.31. The monoisotopic (exact) mass is 390 g/mol. The van der Waals surface area contributed by atoms with E-state index in [0.717, 1.165) is 24.7 Å². The second-order valence-corrected chi connectivity index (χ2v) is 7.07. The van der Waals surface area contributed by atoms with Crippen LogP contribution in [0.5, 0.6) is 5.75 Å². The second-order valence-electron chi connectivity index (χ2n) is 7.07. The van der Waals surface area contributed by atoms with E-state index >= 15 is 0 Å². The average Bonchev–Trinajstić information content (AvgIpc) is 2.72. The Balaban J connectivity index is 1.63. The Morgan fingerprint density at radius 1 is 1.00 bits per heavy atom. The van der Waals surface area contributed by atoms with Gasteiger partial charge in [-0.15, -0.1) is 0 Å². The van der Waals surface area contributed by atoms with Gasteiger partial charge in [-0.3, -0.25) is 14.4 Å². The van der Waals surface area contributed by atoms with Crippen molar-refractivity contribution in [2.24, 2.45) is 5.92 Å². The van der Waals surface area contributed by atoms with Crippen LogP contribution in [0.15, 0.2) is 24.3 Å². The Morgan fingerprint density at radius 2 is 1.68 bits per heavy atom. The fourth-order valence-corrected chi connectivity index (χ4v) is 3.24. The van der Waals surface area contributed by atoms with Gasteiger partial charge in [-0.1, -0.05) is 32.1 Å². The van der Waals surface area contributed by atoms with Gasteiger partial charge in [0.05, 0.1) is 13.7 Å². The highest BCUT2D eigenvalue weighted by molar-refractivity contribution is 5.93. The van der Waals surface area contributed by atoms with Crippen LogP contribution in [0.2, 0.25) is 0 Å². The average molecular weight is 390 g/mol. The maximum Gasteiger partial charge on any atom is 0.325 e. The lowest BCUT2D eigenvalue weighted by Crippen LogP contribution is -2.30. The van der Waals surface area contributed by atoms with E-state index in [2.05, 4.69) is 15.4 Å². The first-order valence-electron chi connectivity index (χ1n) is 9.93. The van der Waals surface area contributed by atoms with E-state index in [4.69, 9.17) is 4.74 Å². The number of anilines is 1. The summed E-state index contributed by atoms with van der Waals surface area (Å²) in [6, 6.07) is 7.23. The molecule has 2 amide bonds. The molecular formula is C21H30N2O5. The lowest BCUT2D eigenvalue weighted by Gasteiger charge is -2.21. The number of carbonyl (C=O) groups is 3. The van der Waals surface area contributed by atoms with Gasteiger partial charge in [-0.2, -0.15) is 0 Å². The van der Waals surface area contributed by atoms with Crippen LogP contribution in [0.25, 0.3) is 0 Å². The highest BCUT2D eigenvalue weighted by Crippen LogP contribution is 2.26. The lowest BCUT2D eigenvalue weighted by atomic mass is 9.87. The molecule has 0 spiro atoms. The van der Waals surface area contributed by atoms with Gasteiger partial charge in [0, 0.05) is 18.5 Å². The second kappa shape index (κ2) is 12.0. The number of benzene rings is 1.